The van der Waals surface area contributed by atoms with Crippen LogP contribution in [0.5, 0.6) is 5.75 Å². The van der Waals surface area contributed by atoms with Gasteiger partial charge in [0, 0.05) is 54.5 Å². The molecule has 4 aromatic heterocycles. The van der Waals surface area contributed by atoms with Crippen LogP contribution in [0.15, 0.2) is 72.0 Å². The molecule has 0 spiro atoms. The highest BCUT2D eigenvalue weighted by Crippen LogP contribution is 2.32. The number of ether oxygens (including phenoxy) is 1. The van der Waals surface area contributed by atoms with Crippen LogP contribution in [0.25, 0.3) is 22.2 Å². The molecule has 160 valence electrons. The smallest absolute Gasteiger partial charge is 0.258 e. The van der Waals surface area contributed by atoms with Crippen molar-refractivity contribution in [2.75, 3.05) is 0 Å². The molecule has 6 rings (SSSR count). The summed E-state index contributed by atoms with van der Waals surface area (Å²) in [6, 6.07) is 13.7. The third kappa shape index (κ3) is 3.11. The quantitative estimate of drug-likeness (QED) is 0.429. The SMILES string of the molecule is Cn1c2c(c3ccc(-n4ccc(OCc5ccc6nccn6c5)cc4=O)cc31)CCCC2. The molecule has 6 heteroatoms. The van der Waals surface area contributed by atoms with Gasteiger partial charge < -0.3 is 13.7 Å². The Kier molecular flexibility index (Phi) is 4.38. The third-order valence-electron chi connectivity index (χ3n) is 6.54. The number of pyridine rings is 2. The normalized spacial score (nSPS) is 13.5. The number of hydrogen-bond donors (Lipinski definition) is 0. The largest absolute Gasteiger partial charge is 0.489 e. The van der Waals surface area contributed by atoms with Gasteiger partial charge in [-0.25, -0.2) is 4.98 Å². The molecule has 0 amide bonds. The summed E-state index contributed by atoms with van der Waals surface area (Å²) < 4.78 is 11.8. The van der Waals surface area contributed by atoms with Crippen LogP contribution < -0.4 is 10.3 Å². The summed E-state index contributed by atoms with van der Waals surface area (Å²) in [5.74, 6) is 0.562. The fourth-order valence-corrected chi connectivity index (χ4v) is 4.88. The molecule has 4 heterocycles. The van der Waals surface area contributed by atoms with E-state index in [1.165, 1.54) is 35.0 Å². The van der Waals surface area contributed by atoms with E-state index in [2.05, 4.69) is 28.7 Å². The average Bonchev–Trinajstić information content (AvgIpc) is 3.40. The molecule has 0 fully saturated rings. The molecule has 32 heavy (non-hydrogen) atoms. The van der Waals surface area contributed by atoms with Gasteiger partial charge >= 0.3 is 0 Å². The molecule has 6 nitrogen and oxygen atoms in total. The topological polar surface area (TPSA) is 53.5 Å². The first kappa shape index (κ1) is 18.9. The predicted molar refractivity (Wildman–Crippen MR) is 125 cm³/mol. The molecule has 0 aliphatic heterocycles. The van der Waals surface area contributed by atoms with Crippen LogP contribution in [-0.4, -0.2) is 18.5 Å². The number of fused-ring (bicyclic) bond motifs is 4. The lowest BCUT2D eigenvalue weighted by Gasteiger charge is -2.12. The van der Waals surface area contributed by atoms with Crippen LogP contribution in [0.2, 0.25) is 0 Å². The monoisotopic (exact) mass is 424 g/mol. The van der Waals surface area contributed by atoms with Crippen LogP contribution in [0.3, 0.4) is 0 Å². The first-order valence-electron chi connectivity index (χ1n) is 11.0. The Hall–Kier alpha value is -3.80. The number of rotatable bonds is 4. The van der Waals surface area contributed by atoms with E-state index in [1.54, 1.807) is 23.0 Å². The minimum absolute atomic E-state index is 0.106. The lowest BCUT2D eigenvalue weighted by molar-refractivity contribution is 0.304. The Morgan fingerprint density at radius 2 is 1.94 bits per heavy atom. The van der Waals surface area contributed by atoms with Crippen molar-refractivity contribution in [3.8, 4) is 11.4 Å². The van der Waals surface area contributed by atoms with Crippen molar-refractivity contribution in [1.29, 1.82) is 0 Å². The van der Waals surface area contributed by atoms with E-state index in [-0.39, 0.29) is 5.56 Å². The van der Waals surface area contributed by atoms with Gasteiger partial charge in [-0.1, -0.05) is 12.1 Å². The maximum atomic E-state index is 12.9. The van der Waals surface area contributed by atoms with Crippen molar-refractivity contribution in [2.24, 2.45) is 7.05 Å². The van der Waals surface area contributed by atoms with Gasteiger partial charge in [0.25, 0.3) is 5.56 Å². The number of nitrogens with zero attached hydrogens (tertiary/aromatic N) is 4. The summed E-state index contributed by atoms with van der Waals surface area (Å²) in [5, 5.41) is 1.31. The van der Waals surface area contributed by atoms with Gasteiger partial charge in [-0.15, -0.1) is 0 Å². The molecule has 0 unspecified atom stereocenters. The van der Waals surface area contributed by atoms with E-state index >= 15 is 0 Å². The van der Waals surface area contributed by atoms with Gasteiger partial charge in [-0.05, 0) is 55.5 Å². The highest BCUT2D eigenvalue weighted by Gasteiger charge is 2.18. The Morgan fingerprint density at radius 3 is 2.84 bits per heavy atom. The summed E-state index contributed by atoms with van der Waals surface area (Å²) in [6.07, 6.45) is 12.2. The molecule has 0 atom stereocenters. The number of hydrogen-bond acceptors (Lipinski definition) is 3. The van der Waals surface area contributed by atoms with E-state index < -0.39 is 0 Å². The van der Waals surface area contributed by atoms with Crippen LogP contribution in [0.1, 0.15) is 29.7 Å². The Bertz CT molecular complexity index is 1520. The molecular weight excluding hydrogens is 400 g/mol. The lowest BCUT2D eigenvalue weighted by atomic mass is 9.95. The van der Waals surface area contributed by atoms with Gasteiger partial charge in [-0.2, -0.15) is 0 Å². The van der Waals surface area contributed by atoms with Crippen LogP contribution >= 0.6 is 0 Å². The molecule has 0 bridgehead atoms. The molecule has 1 aliphatic rings. The number of aromatic nitrogens is 4. The fourth-order valence-electron chi connectivity index (χ4n) is 4.88. The highest BCUT2D eigenvalue weighted by atomic mass is 16.5. The summed E-state index contributed by atoms with van der Waals surface area (Å²) in [7, 11) is 2.14. The number of benzene rings is 1. The van der Waals surface area contributed by atoms with Crippen molar-refractivity contribution >= 4 is 16.6 Å². The molecule has 0 radical (unpaired) electrons. The fraction of sp³-hybridized carbons (Fsp3) is 0.231. The van der Waals surface area contributed by atoms with E-state index in [0.717, 1.165) is 29.7 Å². The molecule has 1 aromatic carbocycles. The van der Waals surface area contributed by atoms with E-state index in [1.807, 2.05) is 41.1 Å². The van der Waals surface area contributed by atoms with Crippen LogP contribution in [0.4, 0.5) is 0 Å². The second kappa shape index (κ2) is 7.41. The average molecular weight is 425 g/mol. The molecule has 0 saturated carbocycles. The summed E-state index contributed by atoms with van der Waals surface area (Å²) in [6.45, 7) is 0.387. The van der Waals surface area contributed by atoms with Crippen molar-refractivity contribution in [2.45, 2.75) is 32.3 Å². The Balaban J connectivity index is 1.27. The van der Waals surface area contributed by atoms with Gasteiger partial charge in [0.2, 0.25) is 0 Å². The van der Waals surface area contributed by atoms with E-state index in [4.69, 9.17) is 4.74 Å². The zero-order chi connectivity index (χ0) is 21.7. The van der Waals surface area contributed by atoms with Crippen molar-refractivity contribution < 1.29 is 4.74 Å². The first-order chi connectivity index (χ1) is 15.7. The van der Waals surface area contributed by atoms with Gasteiger partial charge in [0.05, 0.1) is 11.2 Å². The lowest BCUT2D eigenvalue weighted by Crippen LogP contribution is -2.16. The molecule has 0 N–H and O–H groups in total. The zero-order valence-electron chi connectivity index (χ0n) is 18.0. The standard InChI is InChI=1S/C26H24N4O2/c1-28-23-5-3-2-4-21(23)22-8-7-19(14-24(22)28)30-12-10-20(15-26(30)31)32-17-18-6-9-25-27-11-13-29(25)16-18/h6-16H,2-5,17H2,1H3. The highest BCUT2D eigenvalue weighted by molar-refractivity contribution is 5.87. The molecule has 0 saturated heterocycles. The zero-order valence-corrected chi connectivity index (χ0v) is 18.0. The first-order valence-corrected chi connectivity index (χ1v) is 11.0. The number of aryl methyl sites for hydroxylation is 2. The molecule has 1 aliphatic carbocycles. The Labute approximate surface area is 185 Å². The van der Waals surface area contributed by atoms with Crippen LogP contribution in [-0.2, 0) is 26.5 Å². The third-order valence-corrected chi connectivity index (χ3v) is 6.54. The van der Waals surface area contributed by atoms with E-state index in [0.29, 0.717) is 12.4 Å². The minimum Gasteiger partial charge on any atom is -0.489 e. The van der Waals surface area contributed by atoms with Gasteiger partial charge in [0.15, 0.2) is 0 Å². The number of imidazole rings is 1. The maximum Gasteiger partial charge on any atom is 0.258 e. The summed E-state index contributed by atoms with van der Waals surface area (Å²) in [4.78, 5) is 17.1. The van der Waals surface area contributed by atoms with Crippen molar-refractivity contribution in [3.05, 3.63) is 94.4 Å². The van der Waals surface area contributed by atoms with Gasteiger partial charge in [-0.3, -0.25) is 9.36 Å². The maximum absolute atomic E-state index is 12.9. The minimum atomic E-state index is -0.106. The second-order valence-corrected chi connectivity index (χ2v) is 8.48. The Morgan fingerprint density at radius 1 is 1.03 bits per heavy atom. The van der Waals surface area contributed by atoms with Crippen LogP contribution in [0, 0.1) is 0 Å². The van der Waals surface area contributed by atoms with Crippen molar-refractivity contribution in [3.63, 3.8) is 0 Å². The molecule has 5 aromatic rings. The predicted octanol–water partition coefficient (Wildman–Crippen LogP) is 4.43. The molecular formula is C26H24N4O2. The summed E-state index contributed by atoms with van der Waals surface area (Å²) >= 11 is 0. The van der Waals surface area contributed by atoms with Gasteiger partial charge in [0.1, 0.15) is 18.0 Å². The van der Waals surface area contributed by atoms with E-state index in [9.17, 15) is 4.79 Å². The van der Waals surface area contributed by atoms with Crippen molar-refractivity contribution in [1.82, 2.24) is 18.5 Å². The summed E-state index contributed by atoms with van der Waals surface area (Å²) in [5.41, 5.74) is 6.78. The second-order valence-electron chi connectivity index (χ2n) is 8.48.